The Hall–Kier alpha value is -6.71. The summed E-state index contributed by atoms with van der Waals surface area (Å²) in [6.07, 6.45) is 0. The molecule has 64 heavy (non-hydrogen) atoms. The van der Waals surface area contributed by atoms with E-state index in [-0.39, 0.29) is 32.9 Å². The maximum Gasteiger partial charge on any atom is 0.295 e. The van der Waals surface area contributed by atoms with E-state index in [1.807, 2.05) is 0 Å². The number of nitrogens with two attached hydrogens (primary N) is 1. The van der Waals surface area contributed by atoms with E-state index in [2.05, 4.69) is 40.7 Å². The number of nitrogens with one attached hydrogen (secondary N) is 1. The normalized spacial score (nSPS) is 12.5. The van der Waals surface area contributed by atoms with Crippen LogP contribution in [-0.2, 0) is 40.5 Å². The van der Waals surface area contributed by atoms with Gasteiger partial charge in [-0.3, -0.25) is 18.2 Å². The summed E-state index contributed by atoms with van der Waals surface area (Å²) >= 11 is 0. The third-order valence-electron chi connectivity index (χ3n) is 9.00. The monoisotopic (exact) mass is 949 g/mol. The predicted octanol–water partition coefficient (Wildman–Crippen LogP) is 8.24. The molecule has 0 aliphatic carbocycles. The van der Waals surface area contributed by atoms with Crippen LogP contribution in [0, 0.1) is 27.7 Å². The maximum absolute atomic E-state index is 12.0. The quantitative estimate of drug-likeness (QED) is 0.0427. The summed E-state index contributed by atoms with van der Waals surface area (Å²) in [5, 5.41) is 18.8. The third kappa shape index (κ3) is 11.1. The van der Waals surface area contributed by atoms with Crippen LogP contribution < -0.4 is 11.1 Å². The second-order valence-corrected chi connectivity index (χ2v) is 19.4. The van der Waals surface area contributed by atoms with Crippen LogP contribution in [-0.4, -0.2) is 66.8 Å². The van der Waals surface area contributed by atoms with Crippen molar-refractivity contribution in [3.8, 4) is 0 Å². The Morgan fingerprint density at radius 2 is 0.891 bits per heavy atom. The van der Waals surface area contributed by atoms with E-state index in [0.717, 1.165) is 29.8 Å². The summed E-state index contributed by atoms with van der Waals surface area (Å²) in [5.74, 6) is 1.53. The summed E-state index contributed by atoms with van der Waals surface area (Å²) < 4.78 is 133. The van der Waals surface area contributed by atoms with Gasteiger partial charge in [-0.15, -0.1) is 0 Å². The molecule has 0 fully saturated rings. The van der Waals surface area contributed by atoms with Gasteiger partial charge in [0.05, 0.1) is 22.7 Å². The second-order valence-electron chi connectivity index (χ2n) is 13.8. The number of nitrogens with zero attached hydrogens (tertiary/aromatic N) is 7. The summed E-state index contributed by atoms with van der Waals surface area (Å²) in [6.45, 7) is 7.05. The lowest BCUT2D eigenvalue weighted by atomic mass is 10.1. The van der Waals surface area contributed by atoms with Crippen LogP contribution in [0.3, 0.4) is 0 Å². The molecule has 6 aromatic carbocycles. The van der Waals surface area contributed by atoms with Crippen LogP contribution in [0.15, 0.2) is 137 Å². The van der Waals surface area contributed by atoms with E-state index in [1.165, 1.54) is 36.4 Å². The molecule has 0 bridgehead atoms. The Kier molecular flexibility index (Phi) is 13.0. The van der Waals surface area contributed by atoms with E-state index in [4.69, 9.17) is 5.73 Å². The Morgan fingerprint density at radius 3 is 1.30 bits per heavy atom. The number of hydrogen-bond acceptors (Lipinski definition) is 17. The van der Waals surface area contributed by atoms with Gasteiger partial charge < -0.3 is 11.1 Å². The fraction of sp³-hybridized carbons (Fsp3) is 0.103. The largest absolute Gasteiger partial charge is 0.399 e. The Balaban J connectivity index is 0.000000219. The molecule has 1 aromatic heterocycles. The minimum atomic E-state index is -4.75. The van der Waals surface area contributed by atoms with Crippen LogP contribution in [0.4, 0.5) is 40.1 Å². The summed E-state index contributed by atoms with van der Waals surface area (Å²) in [5.41, 5.74) is 9.15. The van der Waals surface area contributed by atoms with Gasteiger partial charge in [0.15, 0.2) is 0 Å². The summed E-state index contributed by atoms with van der Waals surface area (Å²) in [6, 6.07) is 22.0. The van der Waals surface area contributed by atoms with Crippen molar-refractivity contribution in [2.75, 3.05) is 11.1 Å². The Bertz CT molecular complexity index is 3530. The number of fused-ring (bicyclic) bond motifs is 2. The maximum atomic E-state index is 12.0. The zero-order valence-corrected chi connectivity index (χ0v) is 36.9. The number of benzene rings is 6. The fourth-order valence-corrected chi connectivity index (χ4v) is 9.12. The van der Waals surface area contributed by atoms with Crippen LogP contribution in [0.5, 0.6) is 0 Å². The number of hydrogen-bond donors (Lipinski definition) is 6. The number of nitrogen functional groups attached to an aromatic ring is 1. The zero-order valence-electron chi connectivity index (χ0n) is 33.6. The second kappa shape index (κ2) is 17.8. The molecule has 0 atom stereocenters. The Morgan fingerprint density at radius 1 is 0.469 bits per heavy atom. The highest BCUT2D eigenvalue weighted by molar-refractivity contribution is 7.87. The molecule has 0 aliphatic heterocycles. The first-order valence-corrected chi connectivity index (χ1v) is 23.8. The van der Waals surface area contributed by atoms with Gasteiger partial charge in [-0.2, -0.15) is 64.1 Å². The highest BCUT2D eigenvalue weighted by Crippen LogP contribution is 2.36. The number of aromatic nitrogens is 3. The first-order valence-electron chi connectivity index (χ1n) is 18.1. The van der Waals surface area contributed by atoms with Crippen LogP contribution in [0.1, 0.15) is 22.8 Å². The topological polar surface area (TPSA) is 344 Å². The molecule has 1 heterocycles. The van der Waals surface area contributed by atoms with Gasteiger partial charge in [-0.1, -0.05) is 24.3 Å². The molecular formula is C39H35N9O12S4. The van der Waals surface area contributed by atoms with Gasteiger partial charge in [0.2, 0.25) is 5.95 Å². The molecule has 332 valence electrons. The minimum absolute atomic E-state index is 0.0348. The SMILES string of the molecule is Cc1cc(N)ccc1N=Nc1cc(S(=O)(=O)O)c2cccc(S(=O)(=O)O)c2c1.Cc1nc(C)nc(Nc2ccc(N=Nc3cc(S(=O)(=O)O)c4cccc(S(=O)(=O)O)c4c3)c(C)c2)n1. The predicted molar refractivity (Wildman–Crippen MR) is 235 cm³/mol. The molecular weight excluding hydrogens is 915 g/mol. The van der Waals surface area contributed by atoms with Crippen molar-refractivity contribution in [2.45, 2.75) is 47.3 Å². The lowest BCUT2D eigenvalue weighted by Gasteiger charge is -2.09. The lowest BCUT2D eigenvalue weighted by molar-refractivity contribution is 0.481. The molecule has 21 nitrogen and oxygen atoms in total. The van der Waals surface area contributed by atoms with E-state index in [9.17, 15) is 51.9 Å². The zero-order chi connectivity index (χ0) is 46.9. The number of azo groups is 2. The molecule has 0 spiro atoms. The van der Waals surface area contributed by atoms with Crippen molar-refractivity contribution in [3.05, 3.63) is 120 Å². The molecule has 0 saturated carbocycles. The van der Waals surface area contributed by atoms with E-state index < -0.39 is 60.1 Å². The van der Waals surface area contributed by atoms with Crippen molar-refractivity contribution < 1.29 is 51.9 Å². The fourth-order valence-electron chi connectivity index (χ4n) is 6.27. The van der Waals surface area contributed by atoms with E-state index in [0.29, 0.717) is 45.9 Å². The van der Waals surface area contributed by atoms with Gasteiger partial charge in [0, 0.05) is 32.9 Å². The van der Waals surface area contributed by atoms with Gasteiger partial charge in [-0.05, 0) is 112 Å². The Labute approximate surface area is 365 Å². The minimum Gasteiger partial charge on any atom is -0.399 e. The van der Waals surface area contributed by atoms with Gasteiger partial charge in [0.25, 0.3) is 40.5 Å². The summed E-state index contributed by atoms with van der Waals surface area (Å²) in [4.78, 5) is 10.4. The highest BCUT2D eigenvalue weighted by atomic mass is 32.2. The molecule has 7 N–H and O–H groups in total. The van der Waals surface area contributed by atoms with Crippen molar-refractivity contribution in [1.29, 1.82) is 0 Å². The number of aryl methyl sites for hydroxylation is 4. The van der Waals surface area contributed by atoms with Gasteiger partial charge >= 0.3 is 0 Å². The molecule has 0 amide bonds. The highest BCUT2D eigenvalue weighted by Gasteiger charge is 2.23. The van der Waals surface area contributed by atoms with Gasteiger partial charge in [0.1, 0.15) is 31.2 Å². The molecule has 0 aliphatic rings. The van der Waals surface area contributed by atoms with Crippen LogP contribution >= 0.6 is 0 Å². The van der Waals surface area contributed by atoms with Crippen molar-refractivity contribution in [3.63, 3.8) is 0 Å². The molecule has 25 heteroatoms. The van der Waals surface area contributed by atoms with Crippen molar-refractivity contribution in [2.24, 2.45) is 20.5 Å². The van der Waals surface area contributed by atoms with E-state index in [1.54, 1.807) is 64.1 Å². The average molecular weight is 950 g/mol. The molecule has 7 aromatic rings. The number of anilines is 3. The molecule has 7 rings (SSSR count). The first kappa shape index (κ1) is 46.8. The van der Waals surface area contributed by atoms with Crippen molar-refractivity contribution >= 4 is 102 Å². The molecule has 0 saturated heterocycles. The van der Waals surface area contributed by atoms with Crippen molar-refractivity contribution in [1.82, 2.24) is 15.0 Å². The first-order chi connectivity index (χ1) is 29.8. The van der Waals surface area contributed by atoms with E-state index >= 15 is 0 Å². The average Bonchev–Trinajstić information content (AvgIpc) is 3.17. The lowest BCUT2D eigenvalue weighted by Crippen LogP contribution is -2.03. The third-order valence-corrected chi connectivity index (χ3v) is 12.6. The number of rotatable bonds is 10. The summed E-state index contributed by atoms with van der Waals surface area (Å²) in [7, 11) is -18.8. The van der Waals surface area contributed by atoms with Gasteiger partial charge in [-0.25, -0.2) is 4.98 Å². The standard InChI is InChI=1S/C22H20N6O6S2.C17H15N3O6S2/c1-12-9-15(26-22-24-13(2)23-14(3)25-22)7-8-19(12)28-27-16-10-18-17(21(11-16)36(32,33)34)5-4-6-20(18)35(29,30)31;1-10-7-11(18)5-6-15(10)20-19-12-8-14-13(17(9-12)28(24,25)26)3-2-4-16(14)27(21,22)23/h4-11H,1-3H3,(H,29,30,31)(H,32,33,34)(H,23,24,25,26);2-9H,18H2,1H3,(H,21,22,23)(H,24,25,26). The molecule has 0 unspecified atom stereocenters. The smallest absolute Gasteiger partial charge is 0.295 e. The molecule has 0 radical (unpaired) electrons. The van der Waals surface area contributed by atoms with Crippen LogP contribution in [0.2, 0.25) is 0 Å². The van der Waals surface area contributed by atoms with Crippen LogP contribution in [0.25, 0.3) is 21.5 Å².